The number of hydrogen-bond donors (Lipinski definition) is 0. The molecule has 0 radical (unpaired) electrons. The van der Waals surface area contributed by atoms with Crippen LogP contribution in [0.1, 0.15) is 36.8 Å². The molecule has 28 heavy (non-hydrogen) atoms. The summed E-state index contributed by atoms with van der Waals surface area (Å²) in [5.74, 6) is 0.280. The summed E-state index contributed by atoms with van der Waals surface area (Å²) in [6.07, 6.45) is -5.80. The smallest absolute Gasteiger partial charge is 0.431 e. The van der Waals surface area contributed by atoms with Crippen molar-refractivity contribution in [2.24, 2.45) is 0 Å². The Bertz CT molecular complexity index is 1110. The van der Waals surface area contributed by atoms with E-state index in [9.17, 15) is 13.2 Å². The lowest BCUT2D eigenvalue weighted by Gasteiger charge is -2.39. The number of halogens is 3. The lowest BCUT2D eigenvalue weighted by Crippen LogP contribution is -2.39. The van der Waals surface area contributed by atoms with Crippen LogP contribution < -0.4 is 4.74 Å². The minimum absolute atomic E-state index is 0.206. The van der Waals surface area contributed by atoms with Gasteiger partial charge in [0.05, 0.1) is 5.69 Å². The predicted octanol–water partition coefficient (Wildman–Crippen LogP) is 6.42. The normalized spacial score (nSPS) is 19.1. The lowest BCUT2D eigenvalue weighted by molar-refractivity contribution is -0.200. The molecule has 1 atom stereocenters. The van der Waals surface area contributed by atoms with Gasteiger partial charge in [-0.3, -0.25) is 0 Å². The molecular weight excluding hydrogens is 363 g/mol. The van der Waals surface area contributed by atoms with Gasteiger partial charge in [0.25, 0.3) is 0 Å². The van der Waals surface area contributed by atoms with Crippen LogP contribution in [0.3, 0.4) is 0 Å². The first-order chi connectivity index (χ1) is 13.2. The molecule has 5 rings (SSSR count). The summed E-state index contributed by atoms with van der Waals surface area (Å²) < 4.78 is 49.4. The maximum absolute atomic E-state index is 14.0. The number of aromatic nitrogens is 1. The second-order valence-electron chi connectivity index (χ2n) is 8.35. The van der Waals surface area contributed by atoms with Gasteiger partial charge in [-0.1, -0.05) is 42.0 Å². The molecule has 2 aliphatic heterocycles. The third kappa shape index (κ3) is 2.35. The van der Waals surface area contributed by atoms with Gasteiger partial charge in [0, 0.05) is 27.9 Å². The van der Waals surface area contributed by atoms with E-state index in [1.54, 1.807) is 12.1 Å². The van der Waals surface area contributed by atoms with Crippen LogP contribution in [0.4, 0.5) is 13.2 Å². The largest absolute Gasteiger partial charge is 0.474 e. The Morgan fingerprint density at radius 1 is 1.00 bits per heavy atom. The number of benzene rings is 2. The summed E-state index contributed by atoms with van der Waals surface area (Å²) in [5.41, 5.74) is 5.18. The van der Waals surface area contributed by atoms with E-state index in [4.69, 9.17) is 4.74 Å². The molecule has 1 aromatic heterocycles. The zero-order valence-electron chi connectivity index (χ0n) is 15.9. The molecule has 3 aromatic rings. The Kier molecular flexibility index (Phi) is 3.38. The summed E-state index contributed by atoms with van der Waals surface area (Å²) in [6, 6.07) is 15.1. The molecule has 1 unspecified atom stereocenters. The number of ether oxygens (including phenoxy) is 1. The van der Waals surface area contributed by atoms with E-state index in [0.717, 1.165) is 16.8 Å². The number of rotatable bonds is 0. The van der Waals surface area contributed by atoms with Gasteiger partial charge in [0.1, 0.15) is 5.75 Å². The van der Waals surface area contributed by atoms with Crippen LogP contribution >= 0.6 is 0 Å². The van der Waals surface area contributed by atoms with E-state index in [1.807, 2.05) is 55.7 Å². The zero-order chi connectivity index (χ0) is 19.8. The predicted molar refractivity (Wildman–Crippen MR) is 102 cm³/mol. The molecule has 0 spiro atoms. The molecule has 0 aliphatic carbocycles. The fraction of sp³-hybridized carbons (Fsp3) is 0.304. The Balaban J connectivity index is 1.87. The van der Waals surface area contributed by atoms with Gasteiger partial charge in [-0.15, -0.1) is 0 Å². The van der Waals surface area contributed by atoms with Gasteiger partial charge in [0.2, 0.25) is 6.10 Å². The molecule has 144 valence electrons. The third-order valence-corrected chi connectivity index (χ3v) is 5.77. The number of nitrogens with zero attached hydrogens (tertiary/aromatic N) is 1. The summed E-state index contributed by atoms with van der Waals surface area (Å²) in [5, 5.41) is 0. The van der Waals surface area contributed by atoms with E-state index < -0.39 is 17.8 Å². The highest BCUT2D eigenvalue weighted by atomic mass is 19.4. The number of para-hydroxylation sites is 1. The average Bonchev–Trinajstić information content (AvgIpc) is 3.01. The fourth-order valence-electron chi connectivity index (χ4n) is 4.71. The van der Waals surface area contributed by atoms with E-state index in [-0.39, 0.29) is 11.4 Å². The van der Waals surface area contributed by atoms with Gasteiger partial charge in [0.15, 0.2) is 0 Å². The summed E-state index contributed by atoms with van der Waals surface area (Å²) in [6.45, 7) is 6.03. The Morgan fingerprint density at radius 3 is 2.50 bits per heavy atom. The van der Waals surface area contributed by atoms with Crippen molar-refractivity contribution in [2.45, 2.75) is 45.0 Å². The van der Waals surface area contributed by atoms with Gasteiger partial charge in [-0.25, -0.2) is 0 Å². The van der Waals surface area contributed by atoms with Gasteiger partial charge in [-0.2, -0.15) is 13.2 Å². The highest BCUT2D eigenvalue weighted by molar-refractivity contribution is 5.82. The topological polar surface area (TPSA) is 14.2 Å². The van der Waals surface area contributed by atoms with E-state index in [2.05, 4.69) is 6.07 Å². The van der Waals surface area contributed by atoms with E-state index in [1.165, 1.54) is 5.56 Å². The van der Waals surface area contributed by atoms with E-state index >= 15 is 0 Å². The first-order valence-corrected chi connectivity index (χ1v) is 9.35. The molecule has 0 saturated carbocycles. The van der Waals surface area contributed by atoms with Crippen LogP contribution in [0, 0.1) is 6.92 Å². The van der Waals surface area contributed by atoms with Crippen molar-refractivity contribution in [1.82, 2.24) is 4.57 Å². The molecule has 3 heterocycles. The number of aryl methyl sites for hydroxylation is 1. The molecule has 0 fully saturated rings. The maximum atomic E-state index is 14.0. The first kappa shape index (κ1) is 17.4. The highest BCUT2D eigenvalue weighted by Gasteiger charge is 2.51. The van der Waals surface area contributed by atoms with Crippen LogP contribution in [-0.2, 0) is 12.0 Å². The van der Waals surface area contributed by atoms with Crippen molar-refractivity contribution in [3.05, 3.63) is 65.4 Å². The van der Waals surface area contributed by atoms with Crippen molar-refractivity contribution >= 4 is 0 Å². The molecule has 2 aliphatic rings. The van der Waals surface area contributed by atoms with Gasteiger partial charge in [-0.05, 0) is 44.9 Å². The third-order valence-electron chi connectivity index (χ3n) is 5.77. The Labute approximate surface area is 161 Å². The standard InChI is InChI=1S/C23H20F3NO/c1-13-8-9-15-14(10-13)12-22(2,3)27-18(15)11-17-16-6-4-5-7-19(16)28-21(20(17)27)23(24,25)26/h4-11,21H,12H2,1-3H3. The van der Waals surface area contributed by atoms with Crippen molar-refractivity contribution in [2.75, 3.05) is 0 Å². The minimum Gasteiger partial charge on any atom is -0.474 e. The summed E-state index contributed by atoms with van der Waals surface area (Å²) >= 11 is 0. The van der Waals surface area contributed by atoms with Crippen LogP contribution in [-0.4, -0.2) is 10.7 Å². The minimum atomic E-state index is -4.50. The fourth-order valence-corrected chi connectivity index (χ4v) is 4.71. The quantitative estimate of drug-likeness (QED) is 0.437. The van der Waals surface area contributed by atoms with Crippen molar-refractivity contribution in [3.8, 4) is 28.1 Å². The van der Waals surface area contributed by atoms with Crippen molar-refractivity contribution in [3.63, 3.8) is 0 Å². The second kappa shape index (κ2) is 5.43. The molecule has 5 heteroatoms. The van der Waals surface area contributed by atoms with Crippen LogP contribution in [0.5, 0.6) is 5.75 Å². The zero-order valence-corrected chi connectivity index (χ0v) is 15.9. The summed E-state index contributed by atoms with van der Waals surface area (Å²) in [7, 11) is 0. The number of fused-ring (bicyclic) bond motifs is 7. The first-order valence-electron chi connectivity index (χ1n) is 9.35. The van der Waals surface area contributed by atoms with E-state index in [0.29, 0.717) is 17.5 Å². The summed E-state index contributed by atoms with van der Waals surface area (Å²) in [4.78, 5) is 0. The van der Waals surface area contributed by atoms with Crippen LogP contribution in [0.25, 0.3) is 22.4 Å². The van der Waals surface area contributed by atoms with Gasteiger partial charge >= 0.3 is 6.18 Å². The average molecular weight is 383 g/mol. The highest BCUT2D eigenvalue weighted by Crippen LogP contribution is 2.53. The van der Waals surface area contributed by atoms with Crippen molar-refractivity contribution < 1.29 is 17.9 Å². The molecular formula is C23H20F3NO. The molecule has 2 nitrogen and oxygen atoms in total. The Morgan fingerprint density at radius 2 is 1.75 bits per heavy atom. The molecule has 0 amide bonds. The monoisotopic (exact) mass is 383 g/mol. The molecule has 0 N–H and O–H groups in total. The number of hydrogen-bond acceptors (Lipinski definition) is 1. The van der Waals surface area contributed by atoms with Crippen molar-refractivity contribution in [1.29, 1.82) is 0 Å². The van der Waals surface area contributed by atoms with Crippen LogP contribution in [0.2, 0.25) is 0 Å². The lowest BCUT2D eigenvalue weighted by atomic mass is 9.85. The van der Waals surface area contributed by atoms with Gasteiger partial charge < -0.3 is 9.30 Å². The van der Waals surface area contributed by atoms with Crippen LogP contribution in [0.15, 0.2) is 48.5 Å². The maximum Gasteiger partial charge on any atom is 0.431 e. The second-order valence-corrected chi connectivity index (χ2v) is 8.35. The molecule has 0 saturated heterocycles. The molecule has 2 aromatic carbocycles. The number of alkyl halides is 3. The Hall–Kier alpha value is -2.69. The SMILES string of the molecule is Cc1ccc2c(c1)CC(C)(C)n1c-2cc2c1C(C(F)(F)F)Oc1ccccc1-2. The molecule has 0 bridgehead atoms.